The number of aromatic carboxylic acids is 1. The highest BCUT2D eigenvalue weighted by atomic mass is 35.5. The van der Waals surface area contributed by atoms with Gasteiger partial charge in [-0.3, -0.25) is 0 Å². The van der Waals surface area contributed by atoms with Crippen LogP contribution in [0.15, 0.2) is 18.2 Å². The smallest absolute Gasteiger partial charge is 0.335 e. The zero-order valence-corrected chi connectivity index (χ0v) is 9.45. The first-order valence-electron chi connectivity index (χ1n) is 4.06. The molecule has 0 fully saturated rings. The van der Waals surface area contributed by atoms with Crippen LogP contribution in [0.2, 0.25) is 5.02 Å². The summed E-state index contributed by atoms with van der Waals surface area (Å²) < 4.78 is 0. The predicted molar refractivity (Wildman–Crippen MR) is 63.7 cm³/mol. The molecular formula is C9H9ClN2O2S. The summed E-state index contributed by atoms with van der Waals surface area (Å²) in [5.74, 6) is -1.01. The molecule has 0 aliphatic carbocycles. The third kappa shape index (κ3) is 3.07. The Hall–Kier alpha value is -1.33. The highest BCUT2D eigenvalue weighted by Gasteiger charge is 2.07. The second-order valence-electron chi connectivity index (χ2n) is 2.70. The van der Waals surface area contributed by atoms with Crippen LogP contribution >= 0.6 is 23.8 Å². The summed E-state index contributed by atoms with van der Waals surface area (Å²) in [6.45, 7) is 0. The van der Waals surface area contributed by atoms with Crippen molar-refractivity contribution in [2.75, 3.05) is 12.4 Å². The Labute approximate surface area is 97.2 Å². The van der Waals surface area contributed by atoms with Crippen molar-refractivity contribution < 1.29 is 9.90 Å². The summed E-state index contributed by atoms with van der Waals surface area (Å²) in [4.78, 5) is 10.7. The predicted octanol–water partition coefficient (Wildman–Crippen LogP) is 1.95. The number of carboxylic acids is 1. The van der Waals surface area contributed by atoms with Gasteiger partial charge in [-0.25, -0.2) is 4.79 Å². The number of thiocarbonyl (C=S) groups is 1. The van der Waals surface area contributed by atoms with E-state index < -0.39 is 5.97 Å². The molecule has 1 rings (SSSR count). The topological polar surface area (TPSA) is 61.4 Å². The van der Waals surface area contributed by atoms with Crippen molar-refractivity contribution in [3.63, 3.8) is 0 Å². The number of anilines is 1. The van der Waals surface area contributed by atoms with Gasteiger partial charge in [0.15, 0.2) is 5.11 Å². The Kier molecular flexibility index (Phi) is 3.88. The van der Waals surface area contributed by atoms with Crippen LogP contribution in [-0.4, -0.2) is 23.2 Å². The molecule has 0 saturated heterocycles. The molecule has 0 radical (unpaired) electrons. The van der Waals surface area contributed by atoms with E-state index in [1.54, 1.807) is 7.05 Å². The molecule has 0 aliphatic rings. The van der Waals surface area contributed by atoms with Gasteiger partial charge in [0, 0.05) is 7.05 Å². The van der Waals surface area contributed by atoms with Crippen molar-refractivity contribution >= 4 is 40.6 Å². The van der Waals surface area contributed by atoms with Crippen molar-refractivity contribution in [3.8, 4) is 0 Å². The normalized spacial score (nSPS) is 9.47. The van der Waals surface area contributed by atoms with Crippen LogP contribution in [-0.2, 0) is 0 Å². The lowest BCUT2D eigenvalue weighted by Crippen LogP contribution is -2.24. The van der Waals surface area contributed by atoms with Gasteiger partial charge < -0.3 is 15.7 Å². The second-order valence-corrected chi connectivity index (χ2v) is 3.52. The van der Waals surface area contributed by atoms with Crippen molar-refractivity contribution in [2.24, 2.45) is 0 Å². The average molecular weight is 245 g/mol. The number of rotatable bonds is 2. The number of nitrogens with one attached hydrogen (secondary N) is 2. The molecule has 0 unspecified atom stereocenters. The van der Waals surface area contributed by atoms with Crippen LogP contribution < -0.4 is 10.6 Å². The SMILES string of the molecule is CNC(=S)Nc1cc(C(=O)O)ccc1Cl. The summed E-state index contributed by atoms with van der Waals surface area (Å²) in [6, 6.07) is 4.36. The molecule has 15 heavy (non-hydrogen) atoms. The largest absolute Gasteiger partial charge is 0.478 e. The van der Waals surface area contributed by atoms with Gasteiger partial charge in [0.2, 0.25) is 0 Å². The van der Waals surface area contributed by atoms with E-state index >= 15 is 0 Å². The molecule has 0 spiro atoms. The molecule has 3 N–H and O–H groups in total. The minimum atomic E-state index is -1.01. The summed E-state index contributed by atoms with van der Waals surface area (Å²) in [5, 5.41) is 15.0. The van der Waals surface area contributed by atoms with Crippen LogP contribution in [0.3, 0.4) is 0 Å². The Morgan fingerprint density at radius 3 is 2.73 bits per heavy atom. The van der Waals surface area contributed by atoms with Crippen molar-refractivity contribution in [1.82, 2.24) is 5.32 Å². The molecule has 4 nitrogen and oxygen atoms in total. The Balaban J connectivity index is 3.00. The minimum Gasteiger partial charge on any atom is -0.478 e. The fourth-order valence-corrected chi connectivity index (χ4v) is 1.21. The number of hydrogen-bond acceptors (Lipinski definition) is 2. The van der Waals surface area contributed by atoms with E-state index in [0.717, 1.165) is 0 Å². The minimum absolute atomic E-state index is 0.154. The van der Waals surface area contributed by atoms with Crippen molar-refractivity contribution in [1.29, 1.82) is 0 Å². The summed E-state index contributed by atoms with van der Waals surface area (Å²) in [5.41, 5.74) is 0.622. The van der Waals surface area contributed by atoms with Crippen molar-refractivity contribution in [2.45, 2.75) is 0 Å². The van der Waals surface area contributed by atoms with E-state index in [4.69, 9.17) is 28.9 Å². The highest BCUT2D eigenvalue weighted by Crippen LogP contribution is 2.22. The van der Waals surface area contributed by atoms with Gasteiger partial charge in [0.25, 0.3) is 0 Å². The Morgan fingerprint density at radius 2 is 2.20 bits per heavy atom. The van der Waals surface area contributed by atoms with Crippen LogP contribution in [0.25, 0.3) is 0 Å². The molecule has 0 amide bonds. The first-order valence-corrected chi connectivity index (χ1v) is 4.85. The van der Waals surface area contributed by atoms with Gasteiger partial charge in [0.1, 0.15) is 0 Å². The van der Waals surface area contributed by atoms with E-state index in [-0.39, 0.29) is 5.56 Å². The number of carboxylic acid groups (broad SMARTS) is 1. The lowest BCUT2D eigenvalue weighted by atomic mass is 10.2. The van der Waals surface area contributed by atoms with E-state index in [1.807, 2.05) is 0 Å². The van der Waals surface area contributed by atoms with Crippen LogP contribution in [0.1, 0.15) is 10.4 Å². The lowest BCUT2D eigenvalue weighted by Gasteiger charge is -2.09. The molecule has 0 bridgehead atoms. The van der Waals surface area contributed by atoms with E-state index in [2.05, 4.69) is 10.6 Å². The first-order chi connectivity index (χ1) is 7.04. The highest BCUT2D eigenvalue weighted by molar-refractivity contribution is 7.80. The fraction of sp³-hybridized carbons (Fsp3) is 0.111. The number of hydrogen-bond donors (Lipinski definition) is 3. The van der Waals surface area contributed by atoms with Gasteiger partial charge in [0.05, 0.1) is 16.3 Å². The summed E-state index contributed by atoms with van der Waals surface area (Å²) in [7, 11) is 1.66. The van der Waals surface area contributed by atoms with Crippen molar-refractivity contribution in [3.05, 3.63) is 28.8 Å². The lowest BCUT2D eigenvalue weighted by molar-refractivity contribution is 0.0697. The van der Waals surface area contributed by atoms with Gasteiger partial charge in [-0.15, -0.1) is 0 Å². The van der Waals surface area contributed by atoms with Crippen LogP contribution in [0.4, 0.5) is 5.69 Å². The first kappa shape index (κ1) is 11.7. The number of carbonyl (C=O) groups is 1. The number of halogens is 1. The fourth-order valence-electron chi connectivity index (χ4n) is 0.939. The summed E-state index contributed by atoms with van der Waals surface area (Å²) >= 11 is 10.7. The van der Waals surface area contributed by atoms with E-state index in [1.165, 1.54) is 18.2 Å². The zero-order valence-electron chi connectivity index (χ0n) is 7.87. The second kappa shape index (κ2) is 4.95. The monoisotopic (exact) mass is 244 g/mol. The quantitative estimate of drug-likeness (QED) is 0.695. The average Bonchev–Trinajstić information content (AvgIpc) is 2.20. The molecule has 1 aromatic rings. The molecule has 0 aromatic heterocycles. The zero-order chi connectivity index (χ0) is 11.4. The molecule has 0 atom stereocenters. The number of benzene rings is 1. The van der Waals surface area contributed by atoms with E-state index in [9.17, 15) is 4.79 Å². The van der Waals surface area contributed by atoms with Gasteiger partial charge >= 0.3 is 5.97 Å². The molecule has 0 aliphatic heterocycles. The Morgan fingerprint density at radius 1 is 1.53 bits per heavy atom. The standard InChI is InChI=1S/C9H9ClN2O2S/c1-11-9(15)12-7-4-5(8(13)14)2-3-6(7)10/h2-4H,1H3,(H,13,14)(H2,11,12,15). The van der Waals surface area contributed by atoms with Gasteiger partial charge in [-0.2, -0.15) is 0 Å². The molecule has 6 heteroatoms. The Bertz CT molecular complexity index is 409. The maximum Gasteiger partial charge on any atom is 0.335 e. The third-order valence-electron chi connectivity index (χ3n) is 1.69. The molecule has 0 heterocycles. The van der Waals surface area contributed by atoms with Crippen LogP contribution in [0, 0.1) is 0 Å². The maximum absolute atomic E-state index is 10.7. The molecule has 0 saturated carbocycles. The summed E-state index contributed by atoms with van der Waals surface area (Å²) in [6.07, 6.45) is 0. The maximum atomic E-state index is 10.7. The molecule has 80 valence electrons. The van der Waals surface area contributed by atoms with Gasteiger partial charge in [-0.05, 0) is 30.4 Å². The molecule has 1 aromatic carbocycles. The van der Waals surface area contributed by atoms with Crippen LogP contribution in [0.5, 0.6) is 0 Å². The molecular weight excluding hydrogens is 236 g/mol. The third-order valence-corrected chi connectivity index (χ3v) is 2.32. The van der Waals surface area contributed by atoms with Gasteiger partial charge in [-0.1, -0.05) is 11.6 Å². The van der Waals surface area contributed by atoms with E-state index in [0.29, 0.717) is 15.8 Å².